The molecule has 19 heavy (non-hydrogen) atoms. The number of nitrogens with one attached hydrogen (secondary N) is 1. The van der Waals surface area contributed by atoms with E-state index in [2.05, 4.69) is 16.5 Å². The van der Waals surface area contributed by atoms with Crippen molar-refractivity contribution in [1.29, 1.82) is 0 Å². The summed E-state index contributed by atoms with van der Waals surface area (Å²) >= 11 is 0. The first-order chi connectivity index (χ1) is 9.35. The van der Waals surface area contributed by atoms with E-state index in [1.165, 1.54) is 38.5 Å². The molecule has 1 saturated carbocycles. The third kappa shape index (κ3) is 3.91. The zero-order valence-corrected chi connectivity index (χ0v) is 11.8. The van der Waals surface area contributed by atoms with E-state index < -0.39 is 0 Å². The maximum atomic E-state index is 5.79. The van der Waals surface area contributed by atoms with Crippen LogP contribution in [0, 0.1) is 5.92 Å². The van der Waals surface area contributed by atoms with Gasteiger partial charge in [-0.15, -0.1) is 0 Å². The van der Waals surface area contributed by atoms with Gasteiger partial charge in [0.05, 0.1) is 18.8 Å². The van der Waals surface area contributed by atoms with Crippen molar-refractivity contribution < 1.29 is 4.74 Å². The van der Waals surface area contributed by atoms with Gasteiger partial charge in [-0.2, -0.15) is 0 Å². The molecule has 1 aliphatic carbocycles. The minimum Gasteiger partial charge on any atom is -0.492 e. The Hall–Kier alpha value is -1.13. The molecule has 106 valence electrons. The second-order valence-corrected chi connectivity index (χ2v) is 5.28. The van der Waals surface area contributed by atoms with Crippen molar-refractivity contribution in [3.63, 3.8) is 0 Å². The Labute approximate surface area is 115 Å². The van der Waals surface area contributed by atoms with Crippen LogP contribution in [0.15, 0.2) is 18.5 Å². The van der Waals surface area contributed by atoms with E-state index in [1.54, 1.807) is 6.20 Å². The molecule has 1 heterocycles. The number of hydrazine groups is 1. The lowest BCUT2D eigenvalue weighted by Gasteiger charge is -2.25. The first-order valence-corrected chi connectivity index (χ1v) is 7.39. The van der Waals surface area contributed by atoms with Gasteiger partial charge in [0, 0.05) is 6.20 Å². The summed E-state index contributed by atoms with van der Waals surface area (Å²) in [4.78, 5) is 4.27. The van der Waals surface area contributed by atoms with E-state index in [4.69, 9.17) is 10.6 Å². The van der Waals surface area contributed by atoms with Gasteiger partial charge in [0.2, 0.25) is 0 Å². The Morgan fingerprint density at radius 3 is 2.68 bits per heavy atom. The molecular weight excluding hydrogens is 238 g/mol. The van der Waals surface area contributed by atoms with Crippen LogP contribution in [0.1, 0.15) is 57.1 Å². The summed E-state index contributed by atoms with van der Waals surface area (Å²) in [5.74, 6) is 7.22. The number of nitrogens with zero attached hydrogens (tertiary/aromatic N) is 1. The highest BCUT2D eigenvalue weighted by atomic mass is 16.5. The first kappa shape index (κ1) is 14.3. The molecule has 1 aliphatic rings. The maximum absolute atomic E-state index is 5.79. The van der Waals surface area contributed by atoms with Crippen molar-refractivity contribution in [3.05, 3.63) is 24.0 Å². The van der Waals surface area contributed by atoms with Crippen molar-refractivity contribution in [1.82, 2.24) is 10.4 Å². The van der Waals surface area contributed by atoms with Crippen LogP contribution >= 0.6 is 0 Å². The molecule has 2 rings (SSSR count). The monoisotopic (exact) mass is 263 g/mol. The van der Waals surface area contributed by atoms with Crippen LogP contribution in [-0.2, 0) is 0 Å². The minimum atomic E-state index is 0.186. The summed E-state index contributed by atoms with van der Waals surface area (Å²) in [5.41, 5.74) is 4.13. The van der Waals surface area contributed by atoms with Gasteiger partial charge in [0.15, 0.2) is 0 Å². The Balaban J connectivity index is 2.13. The fourth-order valence-electron chi connectivity index (χ4n) is 3.00. The Morgan fingerprint density at radius 2 is 2.05 bits per heavy atom. The van der Waals surface area contributed by atoms with Gasteiger partial charge < -0.3 is 4.74 Å². The molecular formula is C15H25N3O. The lowest BCUT2D eigenvalue weighted by atomic mass is 9.88. The highest BCUT2D eigenvalue weighted by molar-refractivity contribution is 5.26. The standard InChI is InChI=1S/C15H25N3O/c1-2-19-14-9-13(10-17-11-14)15(18-16)12-7-5-3-4-6-8-12/h9-12,15,18H,2-8,16H2,1H3. The van der Waals surface area contributed by atoms with Crippen LogP contribution in [0.2, 0.25) is 0 Å². The summed E-state index contributed by atoms with van der Waals surface area (Å²) in [7, 11) is 0. The van der Waals surface area contributed by atoms with E-state index in [-0.39, 0.29) is 6.04 Å². The third-order valence-electron chi connectivity index (χ3n) is 3.96. The van der Waals surface area contributed by atoms with Gasteiger partial charge in [-0.3, -0.25) is 16.3 Å². The number of nitrogens with two attached hydrogens (primary N) is 1. The van der Waals surface area contributed by atoms with E-state index >= 15 is 0 Å². The quantitative estimate of drug-likeness (QED) is 0.487. The Bertz CT molecular complexity index is 375. The zero-order chi connectivity index (χ0) is 13.5. The molecule has 4 nitrogen and oxygen atoms in total. The molecule has 0 radical (unpaired) electrons. The predicted octanol–water partition coefficient (Wildman–Crippen LogP) is 2.96. The molecule has 0 saturated heterocycles. The summed E-state index contributed by atoms with van der Waals surface area (Å²) in [6, 6.07) is 2.25. The normalized spacial score (nSPS) is 18.8. The molecule has 4 heteroatoms. The fourth-order valence-corrected chi connectivity index (χ4v) is 3.00. The molecule has 0 aromatic carbocycles. The zero-order valence-electron chi connectivity index (χ0n) is 11.8. The highest BCUT2D eigenvalue weighted by Crippen LogP contribution is 2.33. The molecule has 1 aromatic rings. The van der Waals surface area contributed by atoms with E-state index in [0.29, 0.717) is 12.5 Å². The number of aromatic nitrogens is 1. The molecule has 0 aliphatic heterocycles. The number of hydrogen-bond donors (Lipinski definition) is 2. The van der Waals surface area contributed by atoms with Crippen LogP contribution in [0.25, 0.3) is 0 Å². The van der Waals surface area contributed by atoms with Gasteiger partial charge in [-0.05, 0) is 37.3 Å². The van der Waals surface area contributed by atoms with Crippen molar-refractivity contribution in [2.24, 2.45) is 11.8 Å². The molecule has 1 unspecified atom stereocenters. The van der Waals surface area contributed by atoms with Gasteiger partial charge in [-0.25, -0.2) is 0 Å². The van der Waals surface area contributed by atoms with Crippen molar-refractivity contribution in [2.75, 3.05) is 6.61 Å². The van der Waals surface area contributed by atoms with Gasteiger partial charge >= 0.3 is 0 Å². The first-order valence-electron chi connectivity index (χ1n) is 7.39. The van der Waals surface area contributed by atoms with Gasteiger partial charge in [0.25, 0.3) is 0 Å². The van der Waals surface area contributed by atoms with E-state index in [1.807, 2.05) is 13.1 Å². The molecule has 1 fully saturated rings. The van der Waals surface area contributed by atoms with E-state index in [0.717, 1.165) is 11.3 Å². The summed E-state index contributed by atoms with van der Waals surface area (Å²) in [6.45, 7) is 2.64. The van der Waals surface area contributed by atoms with Crippen LogP contribution in [0.3, 0.4) is 0 Å². The molecule has 0 amide bonds. The number of hydrogen-bond acceptors (Lipinski definition) is 4. The highest BCUT2D eigenvalue weighted by Gasteiger charge is 2.23. The lowest BCUT2D eigenvalue weighted by Crippen LogP contribution is -2.33. The summed E-state index contributed by atoms with van der Waals surface area (Å²) < 4.78 is 5.52. The summed E-state index contributed by atoms with van der Waals surface area (Å²) in [5, 5.41) is 0. The minimum absolute atomic E-state index is 0.186. The van der Waals surface area contributed by atoms with Crippen LogP contribution in [0.4, 0.5) is 0 Å². The average molecular weight is 263 g/mol. The molecule has 0 spiro atoms. The van der Waals surface area contributed by atoms with Gasteiger partial charge in [-0.1, -0.05) is 25.7 Å². The second-order valence-electron chi connectivity index (χ2n) is 5.28. The van der Waals surface area contributed by atoms with Crippen LogP contribution in [-0.4, -0.2) is 11.6 Å². The number of rotatable bonds is 5. The van der Waals surface area contributed by atoms with E-state index in [9.17, 15) is 0 Å². The Morgan fingerprint density at radius 1 is 1.32 bits per heavy atom. The fraction of sp³-hybridized carbons (Fsp3) is 0.667. The molecule has 1 atom stereocenters. The van der Waals surface area contributed by atoms with Gasteiger partial charge in [0.1, 0.15) is 5.75 Å². The lowest BCUT2D eigenvalue weighted by molar-refractivity contribution is 0.320. The predicted molar refractivity (Wildman–Crippen MR) is 76.7 cm³/mol. The molecule has 0 bridgehead atoms. The van der Waals surface area contributed by atoms with Crippen molar-refractivity contribution in [3.8, 4) is 5.75 Å². The third-order valence-corrected chi connectivity index (χ3v) is 3.96. The molecule has 1 aromatic heterocycles. The topological polar surface area (TPSA) is 60.2 Å². The van der Waals surface area contributed by atoms with Crippen molar-refractivity contribution in [2.45, 2.75) is 51.5 Å². The maximum Gasteiger partial charge on any atom is 0.137 e. The number of pyridine rings is 1. The smallest absolute Gasteiger partial charge is 0.137 e. The summed E-state index contributed by atoms with van der Waals surface area (Å²) in [6.07, 6.45) is 11.5. The average Bonchev–Trinajstić information content (AvgIpc) is 2.70. The second kappa shape index (κ2) is 7.46. The SMILES string of the molecule is CCOc1cncc(C(NN)C2CCCCCC2)c1. The van der Waals surface area contributed by atoms with Crippen LogP contribution < -0.4 is 16.0 Å². The molecule has 3 N–H and O–H groups in total. The van der Waals surface area contributed by atoms with Crippen LogP contribution in [0.5, 0.6) is 5.75 Å². The van der Waals surface area contributed by atoms with Crippen molar-refractivity contribution >= 4 is 0 Å². The largest absolute Gasteiger partial charge is 0.492 e. The number of ether oxygens (including phenoxy) is 1. The Kier molecular flexibility index (Phi) is 5.61.